The fourth-order valence-electron chi connectivity index (χ4n) is 3.70. The van der Waals surface area contributed by atoms with E-state index in [1.165, 1.54) is 12.8 Å². The SMILES string of the molecule is COc1cccc(-c2cc(C(=O)NCCN3CCCC3)n(-c3ccccc3Cl)n2)c1. The van der Waals surface area contributed by atoms with E-state index in [2.05, 4.69) is 10.2 Å². The van der Waals surface area contributed by atoms with Crippen LogP contribution in [0.3, 0.4) is 0 Å². The van der Waals surface area contributed by atoms with Gasteiger partial charge in [0.1, 0.15) is 11.4 Å². The van der Waals surface area contributed by atoms with E-state index < -0.39 is 0 Å². The van der Waals surface area contributed by atoms with Crippen LogP contribution >= 0.6 is 11.6 Å². The molecule has 0 atom stereocenters. The van der Waals surface area contributed by atoms with E-state index in [0.29, 0.717) is 28.6 Å². The summed E-state index contributed by atoms with van der Waals surface area (Å²) in [7, 11) is 1.63. The highest BCUT2D eigenvalue weighted by atomic mass is 35.5. The van der Waals surface area contributed by atoms with Crippen LogP contribution < -0.4 is 10.1 Å². The van der Waals surface area contributed by atoms with Crippen LogP contribution in [0, 0.1) is 0 Å². The number of ether oxygens (including phenoxy) is 1. The van der Waals surface area contributed by atoms with Crippen molar-refractivity contribution in [2.24, 2.45) is 0 Å². The Hall–Kier alpha value is -2.83. The minimum atomic E-state index is -0.171. The number of methoxy groups -OCH3 is 1. The van der Waals surface area contributed by atoms with E-state index >= 15 is 0 Å². The van der Waals surface area contributed by atoms with Gasteiger partial charge in [-0.25, -0.2) is 4.68 Å². The molecule has 0 spiro atoms. The molecule has 0 bridgehead atoms. The highest BCUT2D eigenvalue weighted by Gasteiger charge is 2.20. The van der Waals surface area contributed by atoms with Crippen LogP contribution in [-0.2, 0) is 0 Å². The molecule has 1 N–H and O–H groups in total. The lowest BCUT2D eigenvalue weighted by molar-refractivity contribution is 0.0942. The Bertz CT molecular complexity index is 1030. The number of para-hydroxylation sites is 1. The van der Waals surface area contributed by atoms with E-state index in [4.69, 9.17) is 21.4 Å². The summed E-state index contributed by atoms with van der Waals surface area (Å²) in [5, 5.41) is 8.26. The van der Waals surface area contributed by atoms with E-state index in [9.17, 15) is 4.79 Å². The average molecular weight is 425 g/mol. The summed E-state index contributed by atoms with van der Waals surface area (Å²) in [6.45, 7) is 3.66. The lowest BCUT2D eigenvalue weighted by Gasteiger charge is -2.15. The molecular formula is C23H25ClN4O2. The molecule has 0 unspecified atom stereocenters. The summed E-state index contributed by atoms with van der Waals surface area (Å²) in [5.74, 6) is 0.562. The molecule has 1 saturated heterocycles. The summed E-state index contributed by atoms with van der Waals surface area (Å²) in [6, 6.07) is 16.8. The number of amides is 1. The topological polar surface area (TPSA) is 59.4 Å². The third-order valence-electron chi connectivity index (χ3n) is 5.30. The molecule has 0 aliphatic carbocycles. The average Bonchev–Trinajstić information content (AvgIpc) is 3.44. The van der Waals surface area contributed by atoms with Gasteiger partial charge in [0.25, 0.3) is 5.91 Å². The third kappa shape index (κ3) is 4.50. The maximum Gasteiger partial charge on any atom is 0.270 e. The third-order valence-corrected chi connectivity index (χ3v) is 5.62. The Kier molecular flexibility index (Phi) is 6.35. The minimum Gasteiger partial charge on any atom is -0.497 e. The maximum atomic E-state index is 13.0. The summed E-state index contributed by atoms with van der Waals surface area (Å²) >= 11 is 6.41. The Morgan fingerprint density at radius 2 is 1.93 bits per heavy atom. The molecule has 3 aromatic rings. The quantitative estimate of drug-likeness (QED) is 0.622. The smallest absolute Gasteiger partial charge is 0.270 e. The van der Waals surface area contributed by atoms with E-state index in [-0.39, 0.29) is 5.91 Å². The van der Waals surface area contributed by atoms with Crippen molar-refractivity contribution < 1.29 is 9.53 Å². The van der Waals surface area contributed by atoms with E-state index in [1.54, 1.807) is 23.9 Å². The molecule has 7 heteroatoms. The molecule has 1 aromatic heterocycles. The molecular weight excluding hydrogens is 400 g/mol. The summed E-state index contributed by atoms with van der Waals surface area (Å²) < 4.78 is 6.94. The molecule has 6 nitrogen and oxygen atoms in total. The summed E-state index contributed by atoms with van der Waals surface area (Å²) in [4.78, 5) is 15.4. The number of halogens is 1. The van der Waals surface area contributed by atoms with Crippen LogP contribution in [0.2, 0.25) is 5.02 Å². The zero-order chi connectivity index (χ0) is 20.9. The van der Waals surface area contributed by atoms with Gasteiger partial charge in [-0.05, 0) is 56.3 Å². The molecule has 0 radical (unpaired) electrons. The highest BCUT2D eigenvalue weighted by molar-refractivity contribution is 6.32. The largest absolute Gasteiger partial charge is 0.497 e. The Balaban J connectivity index is 1.64. The van der Waals surface area contributed by atoms with Crippen molar-refractivity contribution in [3.8, 4) is 22.7 Å². The normalized spacial score (nSPS) is 14.1. The number of aromatic nitrogens is 2. The first-order chi connectivity index (χ1) is 14.7. The second kappa shape index (κ2) is 9.32. The lowest BCUT2D eigenvalue weighted by atomic mass is 10.1. The summed E-state index contributed by atoms with van der Waals surface area (Å²) in [6.07, 6.45) is 2.47. The number of likely N-dealkylation sites (tertiary alicyclic amines) is 1. The Labute approximate surface area is 181 Å². The Morgan fingerprint density at radius 3 is 2.70 bits per heavy atom. The molecule has 1 aliphatic rings. The van der Waals surface area contributed by atoms with Gasteiger partial charge in [-0.1, -0.05) is 35.9 Å². The zero-order valence-corrected chi connectivity index (χ0v) is 17.7. The molecule has 1 amide bonds. The van der Waals surface area contributed by atoms with Crippen LogP contribution in [0.15, 0.2) is 54.6 Å². The first kappa shape index (κ1) is 20.4. The number of carbonyl (C=O) groups excluding carboxylic acids is 1. The van der Waals surface area contributed by atoms with Crippen molar-refractivity contribution >= 4 is 17.5 Å². The van der Waals surface area contributed by atoms with Gasteiger partial charge in [-0.2, -0.15) is 5.10 Å². The minimum absolute atomic E-state index is 0.171. The molecule has 30 heavy (non-hydrogen) atoms. The van der Waals surface area contributed by atoms with Crippen LogP contribution in [0.5, 0.6) is 5.75 Å². The van der Waals surface area contributed by atoms with Gasteiger partial charge in [0.05, 0.1) is 23.5 Å². The Morgan fingerprint density at radius 1 is 1.13 bits per heavy atom. The fourth-order valence-corrected chi connectivity index (χ4v) is 3.91. The number of hydrogen-bond donors (Lipinski definition) is 1. The van der Waals surface area contributed by atoms with Gasteiger partial charge in [0.15, 0.2) is 0 Å². The van der Waals surface area contributed by atoms with Gasteiger partial charge in [0, 0.05) is 18.7 Å². The van der Waals surface area contributed by atoms with Crippen molar-refractivity contribution in [2.75, 3.05) is 33.3 Å². The van der Waals surface area contributed by atoms with Crippen LogP contribution in [0.1, 0.15) is 23.3 Å². The predicted octanol–water partition coefficient (Wildman–Crippen LogP) is 4.03. The molecule has 1 aliphatic heterocycles. The highest BCUT2D eigenvalue weighted by Crippen LogP contribution is 2.27. The second-order valence-corrected chi connectivity index (χ2v) is 7.72. The van der Waals surface area contributed by atoms with Crippen molar-refractivity contribution in [1.82, 2.24) is 20.0 Å². The van der Waals surface area contributed by atoms with Gasteiger partial charge in [-0.15, -0.1) is 0 Å². The van der Waals surface area contributed by atoms with Crippen molar-refractivity contribution in [3.63, 3.8) is 0 Å². The zero-order valence-electron chi connectivity index (χ0n) is 17.0. The standard InChI is InChI=1S/C23H25ClN4O2/c1-30-18-8-6-7-17(15-18)20-16-22(23(29)25-11-14-27-12-4-5-13-27)28(26-20)21-10-3-2-9-19(21)24/h2-3,6-10,15-16H,4-5,11-14H2,1H3,(H,25,29). The van der Waals surface area contributed by atoms with Crippen LogP contribution in [0.25, 0.3) is 16.9 Å². The number of benzene rings is 2. The fraction of sp³-hybridized carbons (Fsp3) is 0.304. The summed E-state index contributed by atoms with van der Waals surface area (Å²) in [5.41, 5.74) is 2.66. The first-order valence-electron chi connectivity index (χ1n) is 10.2. The van der Waals surface area contributed by atoms with Crippen LogP contribution in [0.4, 0.5) is 0 Å². The molecule has 1 fully saturated rings. The van der Waals surface area contributed by atoms with Gasteiger partial charge >= 0.3 is 0 Å². The lowest BCUT2D eigenvalue weighted by Crippen LogP contribution is -2.34. The van der Waals surface area contributed by atoms with E-state index in [0.717, 1.165) is 30.9 Å². The predicted molar refractivity (Wildman–Crippen MR) is 119 cm³/mol. The number of nitrogens with one attached hydrogen (secondary N) is 1. The van der Waals surface area contributed by atoms with Gasteiger partial charge < -0.3 is 15.0 Å². The number of rotatable bonds is 7. The van der Waals surface area contributed by atoms with Crippen molar-refractivity contribution in [2.45, 2.75) is 12.8 Å². The molecule has 2 heterocycles. The molecule has 4 rings (SSSR count). The monoisotopic (exact) mass is 424 g/mol. The van der Waals surface area contributed by atoms with E-state index in [1.807, 2.05) is 42.5 Å². The van der Waals surface area contributed by atoms with Crippen LogP contribution in [-0.4, -0.2) is 53.9 Å². The van der Waals surface area contributed by atoms with Gasteiger partial charge in [0.2, 0.25) is 0 Å². The molecule has 156 valence electrons. The maximum absolute atomic E-state index is 13.0. The molecule has 0 saturated carbocycles. The number of carbonyl (C=O) groups is 1. The van der Waals surface area contributed by atoms with Crippen molar-refractivity contribution in [3.05, 3.63) is 65.3 Å². The van der Waals surface area contributed by atoms with Crippen molar-refractivity contribution in [1.29, 1.82) is 0 Å². The number of nitrogens with zero attached hydrogens (tertiary/aromatic N) is 3. The first-order valence-corrected chi connectivity index (χ1v) is 10.5. The molecule has 2 aromatic carbocycles. The number of hydrogen-bond acceptors (Lipinski definition) is 4. The second-order valence-electron chi connectivity index (χ2n) is 7.31. The van der Waals surface area contributed by atoms with Gasteiger partial charge in [-0.3, -0.25) is 4.79 Å².